The van der Waals surface area contributed by atoms with Crippen LogP contribution in [0.1, 0.15) is 16.7 Å². The lowest BCUT2D eigenvalue weighted by molar-refractivity contribution is 0.278. The summed E-state index contributed by atoms with van der Waals surface area (Å²) in [6, 6.07) is 68.2. The van der Waals surface area contributed by atoms with Crippen LogP contribution in [0.15, 0.2) is 218 Å². The Morgan fingerprint density at radius 2 is 0.508 bits per heavy atom. The van der Waals surface area contributed by atoms with Crippen molar-refractivity contribution in [2.24, 2.45) is 0 Å². The molecular weight excluding hydrogens is 828 g/mol. The molecule has 9 rings (SSSR count). The number of aliphatic hydroxyl groups excluding tert-OH is 3. The van der Waals surface area contributed by atoms with Gasteiger partial charge in [0.05, 0.1) is 19.8 Å². The van der Waals surface area contributed by atoms with Crippen LogP contribution in [-0.2, 0) is 24.4 Å². The number of hydrogen-bond donors (Lipinski definition) is 3. The van der Waals surface area contributed by atoms with E-state index in [0.29, 0.717) is 50.1 Å². The van der Waals surface area contributed by atoms with Crippen molar-refractivity contribution in [3.05, 3.63) is 235 Å². The molecule has 9 aromatic carbocycles. The van der Waals surface area contributed by atoms with E-state index in [0.717, 1.165) is 33.4 Å². The second-order valence-electron chi connectivity index (χ2n) is 15.3. The quantitative estimate of drug-likeness (QED) is 0.0881. The predicted molar refractivity (Wildman–Crippen MR) is 259 cm³/mol. The van der Waals surface area contributed by atoms with E-state index in [1.165, 1.54) is 0 Å². The van der Waals surface area contributed by atoms with Gasteiger partial charge in [0.1, 0.15) is 17.2 Å². The standard InChI is InChI=1S/C57H45O7P/c58-37-49-46(40-19-7-1-8-20-40)31-34-52(55(49)43-25-13-4-14-26-43)62-65(61,63-53-35-32-47(41-21-9-2-10-22-41)50(38-59)56(53)44-27-15-5-16-28-44)64-54-36-33-48(42-23-11-3-12-24-42)51(39-60)57(54)45-29-17-6-18-30-45/h1-36,58-60H,37-39H2. The lowest BCUT2D eigenvalue weighted by Gasteiger charge is -2.26. The molecule has 3 N–H and O–H groups in total. The molecule has 0 spiro atoms. The van der Waals surface area contributed by atoms with Crippen LogP contribution in [0, 0.1) is 0 Å². The Balaban J connectivity index is 1.28. The van der Waals surface area contributed by atoms with Crippen LogP contribution >= 0.6 is 7.82 Å². The van der Waals surface area contributed by atoms with Crippen molar-refractivity contribution in [3.8, 4) is 84.0 Å². The van der Waals surface area contributed by atoms with E-state index in [1.54, 1.807) is 18.2 Å². The molecule has 0 aromatic heterocycles. The summed E-state index contributed by atoms with van der Waals surface area (Å²) in [5, 5.41) is 33.5. The van der Waals surface area contributed by atoms with Crippen LogP contribution in [0.5, 0.6) is 17.2 Å². The third kappa shape index (κ3) is 9.00. The molecule has 65 heavy (non-hydrogen) atoms. The van der Waals surface area contributed by atoms with Crippen LogP contribution in [0.2, 0.25) is 0 Å². The molecular formula is C57H45O7P. The summed E-state index contributed by atoms with van der Waals surface area (Å²) < 4.78 is 36.6. The highest BCUT2D eigenvalue weighted by Gasteiger charge is 2.38. The summed E-state index contributed by atoms with van der Waals surface area (Å²) in [5.41, 5.74) is 10.2. The van der Waals surface area contributed by atoms with E-state index in [1.807, 2.05) is 200 Å². The highest BCUT2D eigenvalue weighted by Crippen LogP contribution is 2.57. The Labute approximate surface area is 378 Å². The summed E-state index contributed by atoms with van der Waals surface area (Å²) in [4.78, 5) is 0. The minimum Gasteiger partial charge on any atom is -0.392 e. The van der Waals surface area contributed by atoms with Crippen LogP contribution in [0.3, 0.4) is 0 Å². The van der Waals surface area contributed by atoms with Gasteiger partial charge in [-0.3, -0.25) is 0 Å². The first-order chi connectivity index (χ1) is 32.0. The van der Waals surface area contributed by atoms with Gasteiger partial charge in [-0.1, -0.05) is 200 Å². The van der Waals surface area contributed by atoms with Gasteiger partial charge in [-0.15, -0.1) is 0 Å². The second kappa shape index (κ2) is 19.5. The summed E-state index contributed by atoms with van der Waals surface area (Å²) in [7, 11) is -4.92. The molecule has 320 valence electrons. The fourth-order valence-electron chi connectivity index (χ4n) is 8.45. The first kappa shape index (κ1) is 42.8. The second-order valence-corrected chi connectivity index (χ2v) is 16.7. The van der Waals surface area contributed by atoms with Crippen molar-refractivity contribution < 1.29 is 33.5 Å². The van der Waals surface area contributed by atoms with E-state index < -0.39 is 7.82 Å². The molecule has 0 atom stereocenters. The molecule has 0 radical (unpaired) electrons. The lowest BCUT2D eigenvalue weighted by Crippen LogP contribution is -2.11. The van der Waals surface area contributed by atoms with Crippen molar-refractivity contribution in [1.82, 2.24) is 0 Å². The van der Waals surface area contributed by atoms with Crippen LogP contribution in [-0.4, -0.2) is 15.3 Å². The Kier molecular flexibility index (Phi) is 12.8. The van der Waals surface area contributed by atoms with Crippen molar-refractivity contribution in [1.29, 1.82) is 0 Å². The number of rotatable bonds is 15. The van der Waals surface area contributed by atoms with Gasteiger partial charge in [0.2, 0.25) is 0 Å². The first-order valence-electron chi connectivity index (χ1n) is 21.3. The third-order valence-corrected chi connectivity index (χ3v) is 12.6. The topological polar surface area (TPSA) is 105 Å². The van der Waals surface area contributed by atoms with Crippen LogP contribution in [0.25, 0.3) is 66.8 Å². The maximum atomic E-state index is 16.3. The van der Waals surface area contributed by atoms with Gasteiger partial charge >= 0.3 is 7.82 Å². The number of aliphatic hydroxyl groups is 3. The van der Waals surface area contributed by atoms with E-state index >= 15 is 4.57 Å². The van der Waals surface area contributed by atoms with E-state index in [2.05, 4.69) is 0 Å². The van der Waals surface area contributed by atoms with Gasteiger partial charge in [-0.05, 0) is 85.0 Å². The zero-order valence-electron chi connectivity index (χ0n) is 35.3. The van der Waals surface area contributed by atoms with Gasteiger partial charge in [0.15, 0.2) is 0 Å². The molecule has 8 heteroatoms. The van der Waals surface area contributed by atoms with Crippen molar-refractivity contribution >= 4 is 7.82 Å². The zero-order chi connectivity index (χ0) is 44.6. The van der Waals surface area contributed by atoms with Gasteiger partial charge in [0.25, 0.3) is 0 Å². The number of phosphoric acid groups is 1. The predicted octanol–water partition coefficient (Wildman–Crippen LogP) is 13.8. The highest BCUT2D eigenvalue weighted by molar-refractivity contribution is 7.49. The molecule has 0 saturated heterocycles. The van der Waals surface area contributed by atoms with Crippen LogP contribution in [0.4, 0.5) is 0 Å². The first-order valence-corrected chi connectivity index (χ1v) is 22.8. The van der Waals surface area contributed by atoms with Gasteiger partial charge in [-0.25, -0.2) is 0 Å². The molecule has 0 aliphatic heterocycles. The Hall–Kier alpha value is -7.51. The van der Waals surface area contributed by atoms with E-state index in [4.69, 9.17) is 13.6 Å². The lowest BCUT2D eigenvalue weighted by atomic mass is 9.91. The highest BCUT2D eigenvalue weighted by atomic mass is 31.2. The normalized spacial score (nSPS) is 11.2. The minimum absolute atomic E-state index is 0.136. The summed E-state index contributed by atoms with van der Waals surface area (Å²) in [5.74, 6) is 0.409. The average molecular weight is 873 g/mol. The number of phosphoric ester groups is 1. The largest absolute Gasteiger partial charge is 0.647 e. The molecule has 0 unspecified atom stereocenters. The monoisotopic (exact) mass is 872 g/mol. The maximum absolute atomic E-state index is 16.3. The van der Waals surface area contributed by atoms with Gasteiger partial charge in [0, 0.05) is 16.7 Å². The average Bonchev–Trinajstić information content (AvgIpc) is 3.37. The molecule has 9 aromatic rings. The van der Waals surface area contributed by atoms with E-state index in [-0.39, 0.29) is 37.1 Å². The maximum Gasteiger partial charge on any atom is 0.647 e. The number of benzene rings is 9. The molecule has 0 heterocycles. The molecule has 0 fully saturated rings. The fourth-order valence-corrected chi connectivity index (χ4v) is 9.74. The zero-order valence-corrected chi connectivity index (χ0v) is 36.2. The Bertz CT molecular complexity index is 2740. The van der Waals surface area contributed by atoms with Gasteiger partial charge < -0.3 is 28.9 Å². The minimum atomic E-state index is -4.92. The Morgan fingerprint density at radius 3 is 0.723 bits per heavy atom. The molecule has 0 saturated carbocycles. The Morgan fingerprint density at radius 1 is 0.292 bits per heavy atom. The summed E-state index contributed by atoms with van der Waals surface area (Å²) >= 11 is 0. The number of hydrogen-bond acceptors (Lipinski definition) is 7. The molecule has 0 amide bonds. The molecule has 7 nitrogen and oxygen atoms in total. The van der Waals surface area contributed by atoms with Crippen molar-refractivity contribution in [2.45, 2.75) is 19.8 Å². The summed E-state index contributed by atoms with van der Waals surface area (Å²) in [6.07, 6.45) is 0. The fraction of sp³-hybridized carbons (Fsp3) is 0.0526. The molecule has 0 aliphatic rings. The van der Waals surface area contributed by atoms with Crippen molar-refractivity contribution in [3.63, 3.8) is 0 Å². The van der Waals surface area contributed by atoms with Crippen molar-refractivity contribution in [2.75, 3.05) is 0 Å². The van der Waals surface area contributed by atoms with Crippen LogP contribution < -0.4 is 13.6 Å². The summed E-state index contributed by atoms with van der Waals surface area (Å²) in [6.45, 7) is -1.10. The third-order valence-electron chi connectivity index (χ3n) is 11.4. The molecule has 0 bridgehead atoms. The van der Waals surface area contributed by atoms with E-state index in [9.17, 15) is 15.3 Å². The van der Waals surface area contributed by atoms with Gasteiger partial charge in [-0.2, -0.15) is 4.57 Å². The smallest absolute Gasteiger partial charge is 0.392 e. The SMILES string of the molecule is O=P(Oc1ccc(-c2ccccc2)c(CO)c1-c1ccccc1)(Oc1ccc(-c2ccccc2)c(CO)c1-c1ccccc1)Oc1ccc(-c2ccccc2)c(CO)c1-c1ccccc1. The molecule has 0 aliphatic carbocycles.